The zero-order valence-electron chi connectivity index (χ0n) is 53.6. The number of piperazine rings is 1. The van der Waals surface area contributed by atoms with Gasteiger partial charge in [0.05, 0.1) is 56.2 Å². The van der Waals surface area contributed by atoms with Crippen molar-refractivity contribution in [3.05, 3.63) is 60.4 Å². The van der Waals surface area contributed by atoms with Crippen LogP contribution >= 0.6 is 11.3 Å². The summed E-state index contributed by atoms with van der Waals surface area (Å²) in [6.07, 6.45) is -1.83. The summed E-state index contributed by atoms with van der Waals surface area (Å²) in [5.41, 5.74) is 8.48. The van der Waals surface area contributed by atoms with Gasteiger partial charge in [0, 0.05) is 108 Å². The number of ether oxygens (including phenoxy) is 1. The maximum atomic E-state index is 14.7. The van der Waals surface area contributed by atoms with Gasteiger partial charge in [-0.05, 0) is 80.7 Å². The van der Waals surface area contributed by atoms with Gasteiger partial charge in [0.2, 0.25) is 52.4 Å². The lowest BCUT2D eigenvalue weighted by Crippen LogP contribution is -2.64. The number of rotatable bonds is 17. The van der Waals surface area contributed by atoms with Gasteiger partial charge in [-0.15, -0.1) is 10.2 Å². The summed E-state index contributed by atoms with van der Waals surface area (Å²) in [7, 11) is 1.27. The van der Waals surface area contributed by atoms with Gasteiger partial charge < -0.3 is 92.4 Å². The predicted molar refractivity (Wildman–Crippen MR) is 346 cm³/mol. The number of β-amino-alcohol motifs (C(OH)–C–C–N with tert-alkyl or cyclic N) is 1. The number of phenols is 1. The molecular weight excluding hydrogens is 1250 g/mol. The Hall–Kier alpha value is -7.75. The Bertz CT molecular complexity index is 3330. The summed E-state index contributed by atoms with van der Waals surface area (Å²) >= 11 is 1.46. The monoisotopic (exact) mass is 1340 g/mol. The Labute approximate surface area is 554 Å². The van der Waals surface area contributed by atoms with Gasteiger partial charge in [-0.3, -0.25) is 38.5 Å². The van der Waals surface area contributed by atoms with Gasteiger partial charge in [-0.2, -0.15) is 0 Å². The number of carbonyl (C=O) groups excluding carboxylic acids is 7. The number of aromatic nitrogens is 4. The lowest BCUT2D eigenvalue weighted by Gasteiger charge is -2.35. The SMILES string of the molecule is COc1cc(C[C@@H](O)[C@@H]2NC(=O)[C@@H]3C[C@@H](O)CN3C(=O)[C@H]([C@@H](C)O)NC(=O)C(NCC3CCN(c4nnc(-c5ccc(-c6cnc(N7CCN(CC8CCCC8)CC7)nc6)cc5)s4)CC3)C[C@@H](O)CNC(=O)[C@@H]3[C@@H](O)[C@@H](C)CN3C(=O)[C@H]([C@H](O)CC(N)=O)NC2=O)ccc1O. The van der Waals surface area contributed by atoms with Gasteiger partial charge >= 0.3 is 0 Å². The minimum Gasteiger partial charge on any atom is -0.504 e. The molecule has 2 aromatic carbocycles. The fraction of sp³-hybridized carbons (Fsp3) is 0.609. The minimum absolute atomic E-state index is 0.0150. The van der Waals surface area contributed by atoms with Crippen LogP contribution in [0.5, 0.6) is 11.5 Å². The maximum Gasteiger partial charge on any atom is 0.248 e. The molecule has 7 heterocycles. The summed E-state index contributed by atoms with van der Waals surface area (Å²) in [6, 6.07) is 1.42. The third kappa shape index (κ3) is 17.1. The number of amides is 7. The summed E-state index contributed by atoms with van der Waals surface area (Å²) in [6.45, 7) is 7.82. The molecule has 0 spiro atoms. The molecule has 31 heteroatoms. The van der Waals surface area contributed by atoms with Gasteiger partial charge in [0.15, 0.2) is 11.5 Å². The van der Waals surface area contributed by atoms with Crippen molar-refractivity contribution in [3.63, 3.8) is 0 Å². The van der Waals surface area contributed by atoms with Crippen LogP contribution in [0.3, 0.4) is 0 Å². The number of aliphatic hydroxyl groups is 6. The highest BCUT2D eigenvalue weighted by Crippen LogP contribution is 2.34. The van der Waals surface area contributed by atoms with Crippen LogP contribution in [0.25, 0.3) is 21.7 Å². The van der Waals surface area contributed by atoms with E-state index in [9.17, 15) is 69.3 Å². The number of phenolic OH excluding ortho intramolecular Hbond substituents is 1. The third-order valence-corrected chi connectivity index (χ3v) is 20.3. The number of hydrogen-bond donors (Lipinski definition) is 13. The normalized spacial score (nSPS) is 27.8. The number of nitrogens with zero attached hydrogens (tertiary/aromatic N) is 9. The molecule has 5 aliphatic heterocycles. The highest BCUT2D eigenvalue weighted by molar-refractivity contribution is 7.18. The number of nitrogens with two attached hydrogens (primary N) is 1. The Morgan fingerprint density at radius 3 is 2.06 bits per heavy atom. The summed E-state index contributed by atoms with van der Waals surface area (Å²) in [4.78, 5) is 118. The molecule has 0 bridgehead atoms. The van der Waals surface area contributed by atoms with Gasteiger partial charge in [0.25, 0.3) is 0 Å². The number of carbonyl (C=O) groups is 7. The number of aromatic hydroxyl groups is 1. The van der Waals surface area contributed by atoms with Crippen molar-refractivity contribution >= 4 is 63.8 Å². The smallest absolute Gasteiger partial charge is 0.248 e. The van der Waals surface area contributed by atoms with Crippen LogP contribution in [0, 0.1) is 17.8 Å². The first-order valence-electron chi connectivity index (χ1n) is 32.8. The van der Waals surface area contributed by atoms with E-state index in [2.05, 4.69) is 51.5 Å². The molecule has 2 aromatic heterocycles. The second-order valence-electron chi connectivity index (χ2n) is 26.2. The average Bonchev–Trinajstić information content (AvgIpc) is 1.76. The van der Waals surface area contributed by atoms with Crippen molar-refractivity contribution in [3.8, 4) is 33.2 Å². The summed E-state index contributed by atoms with van der Waals surface area (Å²) < 4.78 is 5.20. The molecule has 6 aliphatic rings. The summed E-state index contributed by atoms with van der Waals surface area (Å²) in [5, 5.41) is 103. The fourth-order valence-electron chi connectivity index (χ4n) is 13.7. The molecule has 14 N–H and O–H groups in total. The number of nitrogens with one attached hydrogen (secondary N) is 5. The molecule has 1 unspecified atom stereocenters. The topological polar surface area (TPSA) is 424 Å². The molecule has 6 fully saturated rings. The molecule has 4 aromatic rings. The fourth-order valence-corrected chi connectivity index (χ4v) is 14.6. The van der Waals surface area contributed by atoms with Crippen molar-refractivity contribution in [2.45, 2.75) is 151 Å². The van der Waals surface area contributed by atoms with E-state index in [1.165, 1.54) is 82.7 Å². The van der Waals surface area contributed by atoms with Crippen LogP contribution in [0.15, 0.2) is 54.9 Å². The molecule has 5 saturated heterocycles. The van der Waals surface area contributed by atoms with E-state index in [1.54, 1.807) is 0 Å². The number of primary amides is 1. The molecule has 10 rings (SSSR count). The standard InChI is InChI=1S/C64H89N15O15S/c1-34-31-79-54(55(34)87)59(91)67-30-42(81)24-44(66-27-36-14-16-77(17-15-36)64-74-73-60(95-64)40-11-9-39(10-12-40)41-28-68-63(69-29-41)76-20-18-75(19-21-76)32-37-6-4-5-7-37)56(88)70-51(35(2)80)61(92)78-33-43(82)25-45(78)57(89)71-52(47(84)22-38-8-13-46(83)49(23-38)94-3)58(90)72-53(62(79)93)48(85)26-50(65)86/h8-13,23,28-29,34-37,42-45,47-48,51-55,66,80-85,87H,4-7,14-22,24-27,30-33H2,1-3H3,(H2,65,86)(H,67,91)(H,70,88)(H,71,89)(H,72,90)/t34-,35+,42+,43+,44?,45-,47+,48+,51-,52-,53-,54-,55-/m0/s1. The van der Waals surface area contributed by atoms with Crippen LogP contribution in [-0.2, 0) is 40.0 Å². The van der Waals surface area contributed by atoms with Crippen molar-refractivity contribution in [1.82, 2.24) is 61.4 Å². The first-order chi connectivity index (χ1) is 45.5. The highest BCUT2D eigenvalue weighted by atomic mass is 32.1. The quantitative estimate of drug-likeness (QED) is 0.0524. The third-order valence-electron chi connectivity index (χ3n) is 19.2. The van der Waals surface area contributed by atoms with E-state index in [1.807, 2.05) is 36.7 Å². The number of piperidine rings is 1. The average molecular weight is 1340 g/mol. The first kappa shape index (κ1) is 70.1. The molecule has 7 amide bonds. The van der Waals surface area contributed by atoms with Crippen LogP contribution in [0.1, 0.15) is 77.2 Å². The van der Waals surface area contributed by atoms with Crippen molar-refractivity contribution in [2.75, 3.05) is 88.9 Å². The second-order valence-corrected chi connectivity index (χ2v) is 27.2. The van der Waals surface area contributed by atoms with E-state index in [4.69, 9.17) is 20.4 Å². The second kappa shape index (κ2) is 31.4. The minimum atomic E-state index is -2.13. The predicted octanol–water partition coefficient (Wildman–Crippen LogP) is -2.41. The molecular formula is C64H89N15O15S. The van der Waals surface area contributed by atoms with Crippen LogP contribution in [0.4, 0.5) is 11.1 Å². The number of benzene rings is 2. The molecule has 1 saturated carbocycles. The van der Waals surface area contributed by atoms with Gasteiger partial charge in [0.1, 0.15) is 35.2 Å². The number of fused-ring (bicyclic) bond motifs is 2. The van der Waals surface area contributed by atoms with Crippen LogP contribution < -0.4 is 46.9 Å². The highest BCUT2D eigenvalue weighted by Gasteiger charge is 2.50. The van der Waals surface area contributed by atoms with Gasteiger partial charge in [-0.25, -0.2) is 9.97 Å². The molecule has 0 radical (unpaired) electrons. The Morgan fingerprint density at radius 2 is 1.39 bits per heavy atom. The number of hydrogen-bond acceptors (Lipinski definition) is 24. The molecule has 1 aliphatic carbocycles. The van der Waals surface area contributed by atoms with E-state index in [0.717, 1.165) is 74.7 Å². The first-order valence-corrected chi connectivity index (χ1v) is 33.6. The lowest BCUT2D eigenvalue weighted by atomic mass is 9.96. The molecule has 30 nitrogen and oxygen atoms in total. The molecule has 516 valence electrons. The Kier molecular flexibility index (Phi) is 23.2. The molecule has 13 atom stereocenters. The number of anilines is 2. The van der Waals surface area contributed by atoms with E-state index in [-0.39, 0.29) is 36.1 Å². The Balaban J connectivity index is 0.823. The van der Waals surface area contributed by atoms with E-state index >= 15 is 0 Å². The van der Waals surface area contributed by atoms with Crippen LogP contribution in [-0.4, -0.2) is 264 Å². The maximum absolute atomic E-state index is 14.7. The van der Waals surface area contributed by atoms with Crippen molar-refractivity contribution in [1.29, 1.82) is 0 Å². The Morgan fingerprint density at radius 1 is 0.726 bits per heavy atom. The van der Waals surface area contributed by atoms with E-state index < -0.39 is 159 Å². The number of methoxy groups -OCH3 is 1. The molecule has 95 heavy (non-hydrogen) atoms. The number of aliphatic hydroxyl groups excluding tert-OH is 6. The van der Waals surface area contributed by atoms with Crippen molar-refractivity contribution < 1.29 is 74.0 Å². The van der Waals surface area contributed by atoms with Crippen molar-refractivity contribution in [2.24, 2.45) is 23.5 Å². The summed E-state index contributed by atoms with van der Waals surface area (Å²) in [5.74, 6) is -7.16. The van der Waals surface area contributed by atoms with Crippen LogP contribution in [0.2, 0.25) is 0 Å². The van der Waals surface area contributed by atoms with Gasteiger partial charge in [-0.1, -0.05) is 61.4 Å². The zero-order valence-corrected chi connectivity index (χ0v) is 54.4. The largest absolute Gasteiger partial charge is 0.504 e. The lowest BCUT2D eigenvalue weighted by molar-refractivity contribution is -0.147. The zero-order chi connectivity index (χ0) is 67.8. The van der Waals surface area contributed by atoms with E-state index in [0.29, 0.717) is 25.9 Å².